The van der Waals surface area contributed by atoms with Gasteiger partial charge in [0, 0.05) is 38.9 Å². The fourth-order valence-corrected chi connectivity index (χ4v) is 2.62. The van der Waals surface area contributed by atoms with Crippen LogP contribution in [0.4, 0.5) is 5.82 Å². The second-order valence-corrected chi connectivity index (χ2v) is 5.72. The number of aromatic nitrogens is 1. The minimum atomic E-state index is -0.151. The van der Waals surface area contributed by atoms with Crippen LogP contribution in [-0.4, -0.2) is 71.7 Å². The number of β-amino-alcohol motifs (C(OH)–C–C–N with tert-alkyl or cyclic N) is 1. The average molecular weight is 333 g/mol. The lowest BCUT2D eigenvalue weighted by molar-refractivity contribution is -0.117. The summed E-state index contributed by atoms with van der Waals surface area (Å²) in [6, 6.07) is 1.54. The zero-order valence-corrected chi connectivity index (χ0v) is 13.1. The van der Waals surface area contributed by atoms with E-state index in [1.807, 2.05) is 0 Å². The third kappa shape index (κ3) is 5.09. The summed E-state index contributed by atoms with van der Waals surface area (Å²) >= 11 is 11.7. The van der Waals surface area contributed by atoms with E-state index in [1.165, 1.54) is 6.20 Å². The quantitative estimate of drug-likeness (QED) is 0.839. The highest BCUT2D eigenvalue weighted by Crippen LogP contribution is 2.22. The molecule has 0 spiro atoms. The molecule has 116 valence electrons. The van der Waals surface area contributed by atoms with Crippen LogP contribution in [0.5, 0.6) is 0 Å². The molecular weight excluding hydrogens is 315 g/mol. The van der Waals surface area contributed by atoms with Gasteiger partial charge in [-0.3, -0.25) is 14.6 Å². The molecule has 21 heavy (non-hydrogen) atoms. The van der Waals surface area contributed by atoms with Crippen LogP contribution in [0, 0.1) is 0 Å². The number of hydrogen-bond acceptors (Lipinski definition) is 5. The van der Waals surface area contributed by atoms with Crippen LogP contribution in [0.15, 0.2) is 12.3 Å². The number of amides is 1. The van der Waals surface area contributed by atoms with E-state index in [4.69, 9.17) is 28.3 Å². The van der Waals surface area contributed by atoms with Gasteiger partial charge in [0.25, 0.3) is 0 Å². The molecular formula is C13H18Cl2N4O2. The molecule has 0 bridgehead atoms. The molecule has 1 aromatic heterocycles. The Bertz CT molecular complexity index is 493. The molecule has 0 radical (unpaired) electrons. The SMILES string of the molecule is O=C(CN1CCN(CCO)CC1)Nc1ncc(Cl)cc1Cl. The minimum Gasteiger partial charge on any atom is -0.395 e. The Morgan fingerprint density at radius 1 is 1.29 bits per heavy atom. The van der Waals surface area contributed by atoms with Crippen molar-refractivity contribution >= 4 is 34.9 Å². The van der Waals surface area contributed by atoms with Gasteiger partial charge in [-0.15, -0.1) is 0 Å². The smallest absolute Gasteiger partial charge is 0.239 e. The molecule has 1 aliphatic rings. The Kier molecular flexibility index (Phi) is 6.20. The summed E-state index contributed by atoms with van der Waals surface area (Å²) in [4.78, 5) is 20.2. The molecule has 0 saturated carbocycles. The van der Waals surface area contributed by atoms with Gasteiger partial charge in [0.05, 0.1) is 23.2 Å². The van der Waals surface area contributed by atoms with Crippen LogP contribution in [0.1, 0.15) is 0 Å². The highest BCUT2D eigenvalue weighted by Gasteiger charge is 2.19. The number of rotatable bonds is 5. The van der Waals surface area contributed by atoms with Gasteiger partial charge in [0.2, 0.25) is 5.91 Å². The van der Waals surface area contributed by atoms with Crippen molar-refractivity contribution in [2.24, 2.45) is 0 Å². The number of piperazine rings is 1. The Labute approximate surface area is 133 Å². The van der Waals surface area contributed by atoms with Crippen LogP contribution in [0.3, 0.4) is 0 Å². The normalized spacial score (nSPS) is 16.9. The largest absolute Gasteiger partial charge is 0.395 e. The lowest BCUT2D eigenvalue weighted by Crippen LogP contribution is -2.49. The molecule has 2 N–H and O–H groups in total. The molecule has 1 fully saturated rings. The van der Waals surface area contributed by atoms with Crippen LogP contribution in [0.2, 0.25) is 10.0 Å². The number of nitrogens with zero attached hydrogens (tertiary/aromatic N) is 3. The Morgan fingerprint density at radius 2 is 1.95 bits per heavy atom. The van der Waals surface area contributed by atoms with Gasteiger partial charge in [-0.25, -0.2) is 4.98 Å². The lowest BCUT2D eigenvalue weighted by atomic mass is 10.3. The van der Waals surface area contributed by atoms with Crippen molar-refractivity contribution in [3.05, 3.63) is 22.3 Å². The highest BCUT2D eigenvalue weighted by atomic mass is 35.5. The summed E-state index contributed by atoms with van der Waals surface area (Å²) < 4.78 is 0. The lowest BCUT2D eigenvalue weighted by Gasteiger charge is -2.33. The standard InChI is InChI=1S/C13H18Cl2N4O2/c14-10-7-11(15)13(16-8-10)17-12(21)9-19-3-1-18(2-4-19)5-6-20/h7-8,20H,1-6,9H2,(H,16,17,21). The van der Waals surface area contributed by atoms with Gasteiger partial charge in [-0.05, 0) is 6.07 Å². The van der Waals surface area contributed by atoms with Gasteiger partial charge in [0.15, 0.2) is 5.82 Å². The Balaban J connectivity index is 1.80. The topological polar surface area (TPSA) is 68.7 Å². The van der Waals surface area contributed by atoms with Crippen molar-refractivity contribution in [3.8, 4) is 0 Å². The summed E-state index contributed by atoms with van der Waals surface area (Å²) in [5.74, 6) is 0.173. The van der Waals surface area contributed by atoms with Crippen molar-refractivity contribution in [2.75, 3.05) is 51.2 Å². The van der Waals surface area contributed by atoms with Crippen LogP contribution >= 0.6 is 23.2 Å². The summed E-state index contributed by atoms with van der Waals surface area (Å²) in [6.45, 7) is 4.46. The van der Waals surface area contributed by atoms with Gasteiger partial charge in [-0.1, -0.05) is 23.2 Å². The van der Waals surface area contributed by atoms with Crippen LogP contribution in [-0.2, 0) is 4.79 Å². The van der Waals surface area contributed by atoms with Crippen molar-refractivity contribution in [1.29, 1.82) is 0 Å². The summed E-state index contributed by atoms with van der Waals surface area (Å²) in [7, 11) is 0. The maximum Gasteiger partial charge on any atom is 0.239 e. The average Bonchev–Trinajstić information content (AvgIpc) is 2.44. The second-order valence-electron chi connectivity index (χ2n) is 4.87. The molecule has 1 aliphatic heterocycles. The number of nitrogens with one attached hydrogen (secondary N) is 1. The highest BCUT2D eigenvalue weighted by molar-refractivity contribution is 6.36. The first-order chi connectivity index (χ1) is 10.1. The third-order valence-electron chi connectivity index (χ3n) is 3.31. The zero-order valence-electron chi connectivity index (χ0n) is 11.6. The number of aliphatic hydroxyl groups excluding tert-OH is 1. The third-order valence-corrected chi connectivity index (χ3v) is 3.81. The molecule has 8 heteroatoms. The van der Waals surface area contributed by atoms with E-state index in [-0.39, 0.29) is 12.5 Å². The van der Waals surface area contributed by atoms with Crippen molar-refractivity contribution < 1.29 is 9.90 Å². The first-order valence-electron chi connectivity index (χ1n) is 6.75. The monoisotopic (exact) mass is 332 g/mol. The number of aliphatic hydroxyl groups is 1. The first kappa shape index (κ1) is 16.5. The number of pyridine rings is 1. The first-order valence-corrected chi connectivity index (χ1v) is 7.50. The second kappa shape index (κ2) is 7.91. The van der Waals surface area contributed by atoms with Crippen molar-refractivity contribution in [1.82, 2.24) is 14.8 Å². The van der Waals surface area contributed by atoms with Gasteiger partial charge in [-0.2, -0.15) is 0 Å². The van der Waals surface area contributed by atoms with E-state index >= 15 is 0 Å². The molecule has 1 aromatic rings. The predicted molar refractivity (Wildman–Crippen MR) is 82.9 cm³/mol. The number of hydrogen-bond donors (Lipinski definition) is 2. The summed E-state index contributed by atoms with van der Waals surface area (Å²) in [5, 5.41) is 12.3. The summed E-state index contributed by atoms with van der Waals surface area (Å²) in [6.07, 6.45) is 1.44. The fraction of sp³-hybridized carbons (Fsp3) is 0.538. The number of carbonyl (C=O) groups is 1. The molecule has 0 atom stereocenters. The number of anilines is 1. The fourth-order valence-electron chi connectivity index (χ4n) is 2.19. The Hall–Kier alpha value is -0.920. The van der Waals surface area contributed by atoms with Gasteiger partial charge >= 0.3 is 0 Å². The molecule has 0 aliphatic carbocycles. The molecule has 6 nitrogen and oxygen atoms in total. The van der Waals surface area contributed by atoms with Gasteiger partial charge < -0.3 is 10.4 Å². The molecule has 1 saturated heterocycles. The van der Waals surface area contributed by atoms with E-state index in [1.54, 1.807) is 6.07 Å². The number of carbonyl (C=O) groups excluding carboxylic acids is 1. The van der Waals surface area contributed by atoms with E-state index in [2.05, 4.69) is 20.1 Å². The van der Waals surface area contributed by atoms with E-state index in [9.17, 15) is 4.79 Å². The maximum atomic E-state index is 12.0. The van der Waals surface area contributed by atoms with Crippen LogP contribution in [0.25, 0.3) is 0 Å². The van der Waals surface area contributed by atoms with E-state index in [0.717, 1.165) is 26.2 Å². The minimum absolute atomic E-state index is 0.151. The van der Waals surface area contributed by atoms with Crippen molar-refractivity contribution in [2.45, 2.75) is 0 Å². The predicted octanol–water partition coefficient (Wildman–Crippen LogP) is 0.937. The van der Waals surface area contributed by atoms with E-state index in [0.29, 0.717) is 29.0 Å². The molecule has 2 heterocycles. The molecule has 0 unspecified atom stereocenters. The summed E-state index contributed by atoms with van der Waals surface area (Å²) in [5.41, 5.74) is 0. The molecule has 1 amide bonds. The Morgan fingerprint density at radius 3 is 2.57 bits per heavy atom. The maximum absolute atomic E-state index is 12.0. The van der Waals surface area contributed by atoms with E-state index < -0.39 is 0 Å². The number of halogens is 2. The molecule has 0 aromatic carbocycles. The van der Waals surface area contributed by atoms with Gasteiger partial charge in [0.1, 0.15) is 0 Å². The van der Waals surface area contributed by atoms with Crippen LogP contribution < -0.4 is 5.32 Å². The molecule has 2 rings (SSSR count). The zero-order chi connectivity index (χ0) is 15.2. The van der Waals surface area contributed by atoms with Crippen molar-refractivity contribution in [3.63, 3.8) is 0 Å².